The lowest BCUT2D eigenvalue weighted by Crippen LogP contribution is -2.40. The summed E-state index contributed by atoms with van der Waals surface area (Å²) < 4.78 is 24.0. The van der Waals surface area contributed by atoms with Crippen LogP contribution in [0.25, 0.3) is 11.1 Å². The topological polar surface area (TPSA) is 71.1 Å². The highest BCUT2D eigenvalue weighted by atomic mass is 16.6. The highest BCUT2D eigenvalue weighted by Gasteiger charge is 2.39. The van der Waals surface area contributed by atoms with Crippen molar-refractivity contribution in [3.8, 4) is 22.6 Å². The van der Waals surface area contributed by atoms with Gasteiger partial charge in [-0.3, -0.25) is 0 Å². The standard InChI is InChI=1S/C35H46O6/c1-13-29(36)40-33(7,8)21-31(3,4)38-23-15-17-25-26-18-16-24(20-28(26)35(11,12)27(25)19-23)39-32(5,6)22-34(9,10)41-30(37)14-2/h13-20H,1-2,21-22H2,3-12H3. The quantitative estimate of drug-likeness (QED) is 0.192. The van der Waals surface area contributed by atoms with Crippen LogP contribution >= 0.6 is 0 Å². The number of esters is 2. The van der Waals surface area contributed by atoms with E-state index in [-0.39, 0.29) is 5.41 Å². The number of ether oxygens (including phenoxy) is 4. The summed E-state index contributed by atoms with van der Waals surface area (Å²) in [6.07, 6.45) is 3.35. The van der Waals surface area contributed by atoms with Crippen molar-refractivity contribution in [2.24, 2.45) is 0 Å². The molecule has 3 rings (SSSR count). The van der Waals surface area contributed by atoms with Gasteiger partial charge < -0.3 is 18.9 Å². The van der Waals surface area contributed by atoms with Gasteiger partial charge in [-0.15, -0.1) is 0 Å². The second kappa shape index (κ2) is 11.0. The fraction of sp³-hybridized carbons (Fsp3) is 0.486. The van der Waals surface area contributed by atoms with Gasteiger partial charge in [0.25, 0.3) is 0 Å². The summed E-state index contributed by atoms with van der Waals surface area (Å²) in [5, 5.41) is 0. The number of fused-ring (bicyclic) bond motifs is 3. The monoisotopic (exact) mass is 562 g/mol. The second-order valence-corrected chi connectivity index (χ2v) is 13.9. The first-order chi connectivity index (χ1) is 18.7. The van der Waals surface area contributed by atoms with E-state index < -0.39 is 34.3 Å². The summed E-state index contributed by atoms with van der Waals surface area (Å²) in [6, 6.07) is 12.4. The van der Waals surface area contributed by atoms with Crippen LogP contribution in [0.5, 0.6) is 11.5 Å². The van der Waals surface area contributed by atoms with Crippen molar-refractivity contribution >= 4 is 11.9 Å². The normalized spacial score (nSPS) is 14.4. The molecule has 0 amide bonds. The third kappa shape index (κ3) is 7.81. The molecule has 222 valence electrons. The van der Waals surface area contributed by atoms with E-state index >= 15 is 0 Å². The molecular formula is C35H46O6. The van der Waals surface area contributed by atoms with Gasteiger partial charge in [-0.1, -0.05) is 39.1 Å². The number of rotatable bonds is 12. The van der Waals surface area contributed by atoms with Crippen LogP contribution in [0.1, 0.15) is 93.2 Å². The van der Waals surface area contributed by atoms with Crippen LogP contribution in [-0.2, 0) is 24.5 Å². The Hall–Kier alpha value is -3.54. The summed E-state index contributed by atoms with van der Waals surface area (Å²) in [5.41, 5.74) is 1.79. The van der Waals surface area contributed by atoms with Crippen molar-refractivity contribution in [1.29, 1.82) is 0 Å². The Labute approximate surface area is 245 Å². The van der Waals surface area contributed by atoms with Crippen molar-refractivity contribution in [2.45, 2.75) is 110 Å². The zero-order chi connectivity index (χ0) is 31.0. The largest absolute Gasteiger partial charge is 0.488 e. The van der Waals surface area contributed by atoms with Crippen LogP contribution in [-0.4, -0.2) is 34.3 Å². The van der Waals surface area contributed by atoms with E-state index in [1.165, 1.54) is 34.4 Å². The minimum Gasteiger partial charge on any atom is -0.488 e. The molecule has 0 unspecified atom stereocenters. The Kier molecular flexibility index (Phi) is 8.61. The highest BCUT2D eigenvalue weighted by Crippen LogP contribution is 2.51. The lowest BCUT2D eigenvalue weighted by Gasteiger charge is -2.35. The van der Waals surface area contributed by atoms with E-state index in [4.69, 9.17) is 18.9 Å². The van der Waals surface area contributed by atoms with Gasteiger partial charge in [-0.2, -0.15) is 0 Å². The number of carbonyl (C=O) groups excluding carboxylic acids is 2. The van der Waals surface area contributed by atoms with Crippen molar-refractivity contribution < 1.29 is 28.5 Å². The Morgan fingerprint density at radius 1 is 0.659 bits per heavy atom. The van der Waals surface area contributed by atoms with Gasteiger partial charge in [-0.05, 0) is 102 Å². The molecule has 0 fully saturated rings. The molecule has 1 aliphatic rings. The maximum Gasteiger partial charge on any atom is 0.330 e. The lowest BCUT2D eigenvalue weighted by molar-refractivity contribution is -0.155. The minimum atomic E-state index is -0.715. The molecule has 6 heteroatoms. The van der Waals surface area contributed by atoms with Gasteiger partial charge in [0.1, 0.15) is 33.9 Å². The maximum atomic E-state index is 11.8. The summed E-state index contributed by atoms with van der Waals surface area (Å²) in [6.45, 7) is 26.9. The Bertz CT molecular complexity index is 1240. The average molecular weight is 563 g/mol. The zero-order valence-electron chi connectivity index (χ0n) is 26.4. The molecule has 0 saturated carbocycles. The third-order valence-electron chi connectivity index (χ3n) is 7.20. The molecule has 0 aromatic heterocycles. The molecule has 0 spiro atoms. The zero-order valence-corrected chi connectivity index (χ0v) is 26.4. The average Bonchev–Trinajstić information content (AvgIpc) is 3.02. The van der Waals surface area contributed by atoms with E-state index in [0.29, 0.717) is 12.8 Å². The molecule has 0 bridgehead atoms. The summed E-state index contributed by atoms with van der Waals surface area (Å²) in [4.78, 5) is 23.6. The van der Waals surface area contributed by atoms with Gasteiger partial charge in [-0.25, -0.2) is 9.59 Å². The van der Waals surface area contributed by atoms with Crippen molar-refractivity contribution in [3.05, 3.63) is 72.8 Å². The Morgan fingerprint density at radius 3 is 1.32 bits per heavy atom. The molecule has 2 aromatic rings. The van der Waals surface area contributed by atoms with Crippen LogP contribution in [0, 0.1) is 0 Å². The predicted octanol–water partition coefficient (Wildman–Crippen LogP) is 8.10. The predicted molar refractivity (Wildman–Crippen MR) is 163 cm³/mol. The highest BCUT2D eigenvalue weighted by molar-refractivity contribution is 5.82. The van der Waals surface area contributed by atoms with Crippen LogP contribution in [0.4, 0.5) is 0 Å². The van der Waals surface area contributed by atoms with Crippen molar-refractivity contribution in [1.82, 2.24) is 0 Å². The van der Waals surface area contributed by atoms with E-state index in [1.807, 2.05) is 67.5 Å². The minimum absolute atomic E-state index is 0.283. The van der Waals surface area contributed by atoms with E-state index in [1.54, 1.807) is 0 Å². The number of hydrogen-bond donors (Lipinski definition) is 0. The van der Waals surface area contributed by atoms with Gasteiger partial charge >= 0.3 is 11.9 Å². The van der Waals surface area contributed by atoms with Crippen LogP contribution in [0.2, 0.25) is 0 Å². The van der Waals surface area contributed by atoms with Gasteiger partial charge in [0.2, 0.25) is 0 Å². The second-order valence-electron chi connectivity index (χ2n) is 13.9. The molecular weight excluding hydrogens is 516 g/mol. The molecule has 0 atom stereocenters. The molecule has 0 heterocycles. The summed E-state index contributed by atoms with van der Waals surface area (Å²) >= 11 is 0. The first kappa shape index (κ1) is 32.0. The molecule has 41 heavy (non-hydrogen) atoms. The van der Waals surface area contributed by atoms with Crippen LogP contribution in [0.15, 0.2) is 61.7 Å². The van der Waals surface area contributed by atoms with Crippen molar-refractivity contribution in [3.63, 3.8) is 0 Å². The van der Waals surface area contributed by atoms with E-state index in [0.717, 1.165) is 11.5 Å². The maximum absolute atomic E-state index is 11.8. The fourth-order valence-electron chi connectivity index (χ4n) is 6.28. The molecule has 0 saturated heterocycles. The first-order valence-corrected chi connectivity index (χ1v) is 14.1. The first-order valence-electron chi connectivity index (χ1n) is 14.1. The van der Waals surface area contributed by atoms with E-state index in [9.17, 15) is 9.59 Å². The fourth-order valence-corrected chi connectivity index (χ4v) is 6.28. The molecule has 1 aliphatic carbocycles. The summed E-state index contributed by atoms with van der Waals surface area (Å²) in [5.74, 6) is 0.618. The van der Waals surface area contributed by atoms with Gasteiger partial charge in [0, 0.05) is 30.4 Å². The summed E-state index contributed by atoms with van der Waals surface area (Å²) in [7, 11) is 0. The van der Waals surface area contributed by atoms with E-state index in [2.05, 4.69) is 51.3 Å². The molecule has 0 N–H and O–H groups in total. The third-order valence-corrected chi connectivity index (χ3v) is 7.20. The van der Waals surface area contributed by atoms with Crippen LogP contribution < -0.4 is 9.47 Å². The number of benzene rings is 2. The molecule has 0 aliphatic heterocycles. The number of carbonyl (C=O) groups is 2. The van der Waals surface area contributed by atoms with Gasteiger partial charge in [0.05, 0.1) is 0 Å². The Balaban J connectivity index is 1.82. The van der Waals surface area contributed by atoms with Gasteiger partial charge in [0.15, 0.2) is 0 Å². The smallest absolute Gasteiger partial charge is 0.330 e. The molecule has 6 nitrogen and oxygen atoms in total. The number of hydrogen-bond acceptors (Lipinski definition) is 6. The SMILES string of the molecule is C=CC(=O)OC(C)(C)CC(C)(C)Oc1ccc2c(c1)C(C)(C)c1cc(OC(C)(C)CC(C)(C)OC(=O)C=C)ccc1-2. The lowest BCUT2D eigenvalue weighted by atomic mass is 9.82. The van der Waals surface area contributed by atoms with Crippen molar-refractivity contribution in [2.75, 3.05) is 0 Å². The van der Waals surface area contributed by atoms with Crippen LogP contribution in [0.3, 0.4) is 0 Å². The Morgan fingerprint density at radius 2 is 1.00 bits per heavy atom. The molecule has 2 aromatic carbocycles. The molecule has 0 radical (unpaired) electrons.